The third-order valence-electron chi connectivity index (χ3n) is 4.70. The van der Waals surface area contributed by atoms with Crippen molar-refractivity contribution >= 4 is 17.1 Å². The number of ether oxygens (including phenoxy) is 1. The number of nitrogens with zero attached hydrogens (tertiary/aromatic N) is 3. The zero-order valence-electron chi connectivity index (χ0n) is 14.9. The van der Waals surface area contributed by atoms with Crippen LogP contribution in [0.25, 0.3) is 0 Å². The summed E-state index contributed by atoms with van der Waals surface area (Å²) in [7, 11) is 0. The van der Waals surface area contributed by atoms with Gasteiger partial charge in [-0.3, -0.25) is 0 Å². The van der Waals surface area contributed by atoms with Gasteiger partial charge in [0.25, 0.3) is 0 Å². The largest absolute Gasteiger partial charge is 0.607 e. The van der Waals surface area contributed by atoms with Crippen LogP contribution < -0.4 is 10.1 Å². The first kappa shape index (κ1) is 19.7. The highest BCUT2D eigenvalue weighted by molar-refractivity contribution is 7.91. The second kappa shape index (κ2) is 7.50. The van der Waals surface area contributed by atoms with Crippen molar-refractivity contribution in [3.05, 3.63) is 23.8 Å². The first-order chi connectivity index (χ1) is 12.8. The molecule has 1 fully saturated rings. The molecule has 10 heteroatoms. The molecule has 2 N–H and O–H groups in total. The Labute approximate surface area is 158 Å². The Bertz CT molecular complexity index is 784. The lowest BCUT2D eigenvalue weighted by Crippen LogP contribution is -2.58. The van der Waals surface area contributed by atoms with E-state index in [-0.39, 0.29) is 4.90 Å². The number of nitrogens with one attached hydrogen (secondary N) is 1. The van der Waals surface area contributed by atoms with Gasteiger partial charge in [0.05, 0.1) is 17.2 Å². The van der Waals surface area contributed by atoms with E-state index in [2.05, 4.69) is 10.3 Å². The molecule has 2 aliphatic heterocycles. The van der Waals surface area contributed by atoms with E-state index >= 15 is 0 Å². The van der Waals surface area contributed by atoms with Crippen LogP contribution in [0.1, 0.15) is 31.9 Å². The maximum absolute atomic E-state index is 12.9. The number of rotatable bonds is 3. The van der Waals surface area contributed by atoms with E-state index in [4.69, 9.17) is 10.00 Å². The molecular weight excluding hydrogens is 378 g/mol. The van der Waals surface area contributed by atoms with Crippen molar-refractivity contribution < 1.29 is 23.2 Å². The zero-order chi connectivity index (χ0) is 19.8. The lowest BCUT2D eigenvalue weighted by atomic mass is 9.85. The van der Waals surface area contributed by atoms with Crippen LogP contribution in [-0.4, -0.2) is 51.1 Å². The van der Waals surface area contributed by atoms with E-state index in [1.54, 1.807) is 24.9 Å². The lowest BCUT2D eigenvalue weighted by molar-refractivity contribution is -0.0830. The van der Waals surface area contributed by atoms with Gasteiger partial charge in [-0.1, -0.05) is 0 Å². The highest BCUT2D eigenvalue weighted by Gasteiger charge is 2.47. The summed E-state index contributed by atoms with van der Waals surface area (Å²) >= 11 is -2.48. The molecule has 146 valence electrons. The Morgan fingerprint density at radius 1 is 1.52 bits per heavy atom. The number of fused-ring (bicyclic) bond motifs is 1. The molecule has 7 nitrogen and oxygen atoms in total. The van der Waals surface area contributed by atoms with Crippen LogP contribution >= 0.6 is 0 Å². The lowest BCUT2D eigenvalue weighted by Gasteiger charge is -2.48. The predicted molar refractivity (Wildman–Crippen MR) is 94.7 cm³/mol. The van der Waals surface area contributed by atoms with E-state index in [0.29, 0.717) is 30.4 Å². The van der Waals surface area contributed by atoms with Crippen LogP contribution in [0.3, 0.4) is 0 Å². The maximum Gasteiger partial charge on any atom is 0.402 e. The van der Waals surface area contributed by atoms with Crippen molar-refractivity contribution in [1.29, 1.82) is 5.26 Å². The summed E-state index contributed by atoms with van der Waals surface area (Å²) in [6.45, 7) is 4.57. The number of hydrogen-bond donors (Lipinski definition) is 2. The summed E-state index contributed by atoms with van der Waals surface area (Å²) in [4.78, 5) is 5.47. The first-order valence-electron chi connectivity index (χ1n) is 8.43. The van der Waals surface area contributed by atoms with Gasteiger partial charge in [0, 0.05) is 24.7 Å². The highest BCUT2D eigenvalue weighted by atomic mass is 32.2. The van der Waals surface area contributed by atoms with Crippen molar-refractivity contribution in [2.75, 3.05) is 13.1 Å². The second-order valence-corrected chi connectivity index (χ2v) is 8.28. The topological polar surface area (TPSA) is 104 Å². The Kier molecular flexibility index (Phi) is 5.46. The molecule has 27 heavy (non-hydrogen) atoms. The van der Waals surface area contributed by atoms with Gasteiger partial charge in [0.2, 0.25) is 12.2 Å². The number of aliphatic imine (C=N–C) groups is 1. The van der Waals surface area contributed by atoms with Crippen molar-refractivity contribution in [2.24, 2.45) is 4.99 Å². The normalized spacial score (nSPS) is 26.7. The minimum Gasteiger partial charge on any atom is -0.607 e. The molecule has 0 spiro atoms. The number of benzene rings is 1. The van der Waals surface area contributed by atoms with E-state index < -0.39 is 34.7 Å². The van der Waals surface area contributed by atoms with E-state index in [9.17, 15) is 18.4 Å². The van der Waals surface area contributed by atoms with Crippen LogP contribution in [0.4, 0.5) is 8.78 Å². The van der Waals surface area contributed by atoms with Crippen LogP contribution in [0.5, 0.6) is 5.75 Å². The van der Waals surface area contributed by atoms with Gasteiger partial charge >= 0.3 is 5.76 Å². The first-order valence-corrected chi connectivity index (χ1v) is 9.64. The molecule has 2 heterocycles. The maximum atomic E-state index is 12.9. The molecule has 3 rings (SSSR count). The van der Waals surface area contributed by atoms with Crippen LogP contribution in [0.15, 0.2) is 28.1 Å². The van der Waals surface area contributed by atoms with Gasteiger partial charge in [-0.2, -0.15) is 14.0 Å². The van der Waals surface area contributed by atoms with Crippen LogP contribution in [0.2, 0.25) is 0 Å². The number of halogens is 2. The third-order valence-corrected chi connectivity index (χ3v) is 5.74. The smallest absolute Gasteiger partial charge is 0.402 e. The quantitative estimate of drug-likeness (QED) is 0.594. The Hall–Kier alpha value is -2.09. The van der Waals surface area contributed by atoms with Gasteiger partial charge in [-0.15, -0.1) is 4.99 Å². The molecule has 3 unspecified atom stereocenters. The highest BCUT2D eigenvalue weighted by Crippen LogP contribution is 2.44. The van der Waals surface area contributed by atoms with Gasteiger partial charge < -0.3 is 24.6 Å². The van der Waals surface area contributed by atoms with Gasteiger partial charge in [0.1, 0.15) is 17.5 Å². The fourth-order valence-electron chi connectivity index (χ4n) is 3.39. The summed E-state index contributed by atoms with van der Waals surface area (Å²) in [5, 5.41) is 22.9. The fraction of sp³-hybridized carbons (Fsp3) is 0.529. The minimum atomic E-state index is -3.01. The molecule has 1 aromatic carbocycles. The zero-order valence-corrected chi connectivity index (χ0v) is 15.7. The van der Waals surface area contributed by atoms with Gasteiger partial charge in [-0.05, 0) is 32.4 Å². The van der Waals surface area contributed by atoms with Crippen LogP contribution in [-0.2, 0) is 11.2 Å². The number of alkyl halides is 2. The summed E-state index contributed by atoms with van der Waals surface area (Å²) in [5.41, 5.74) is -0.529. The molecule has 0 amide bonds. The second-order valence-electron chi connectivity index (χ2n) is 6.86. The minimum absolute atomic E-state index is 0.0482. The Morgan fingerprint density at radius 2 is 2.26 bits per heavy atom. The monoisotopic (exact) mass is 398 g/mol. The molecule has 2 aliphatic rings. The Balaban J connectivity index is 2.11. The number of hydrogen-bond acceptors (Lipinski definition) is 5. The number of guanidine groups is 1. The number of nitriles is 1. The van der Waals surface area contributed by atoms with Gasteiger partial charge in [-0.25, -0.2) is 0 Å². The molecule has 1 saturated heterocycles. The molecule has 3 atom stereocenters. The Morgan fingerprint density at radius 3 is 2.93 bits per heavy atom. The van der Waals surface area contributed by atoms with E-state index in [1.165, 1.54) is 18.2 Å². The van der Waals surface area contributed by atoms with Gasteiger partial charge in [0.15, 0.2) is 4.90 Å². The molecule has 0 bridgehead atoms. The summed E-state index contributed by atoms with van der Waals surface area (Å²) in [5.74, 6) is -2.30. The molecular formula is C17H20F2N4O3S. The molecule has 0 aliphatic carbocycles. The van der Waals surface area contributed by atoms with Crippen molar-refractivity contribution in [2.45, 2.75) is 48.7 Å². The van der Waals surface area contributed by atoms with Crippen molar-refractivity contribution in [3.63, 3.8) is 0 Å². The van der Waals surface area contributed by atoms with Crippen LogP contribution in [0, 0.1) is 11.5 Å². The average Bonchev–Trinajstić information content (AvgIpc) is 2.63. The fourth-order valence-corrected chi connectivity index (χ4v) is 4.04. The number of aliphatic hydroxyl groups excluding tert-OH is 1. The predicted octanol–water partition coefficient (Wildman–Crippen LogP) is 1.72. The van der Waals surface area contributed by atoms with E-state index in [1.807, 2.05) is 0 Å². The molecule has 1 aromatic rings. The standard InChI is InChI=1S/C17H20F2N4O3S/c1-17(2)14(24)13(23-7-3-6-21-16(23)22-9-20)11-8-10(27(25)15(18)19)4-5-12(11)26-17/h4-5,8,13-15,24H,3,6-7H2,1-2H3,(H,21,22). The SMILES string of the molecule is CC1(C)Oc2ccc([S+]([O-])C(F)F)cc2C(N2CCCNC2=NC#N)C1O. The number of aliphatic hydroxyl groups is 1. The summed E-state index contributed by atoms with van der Waals surface area (Å²) in [6.07, 6.45) is 1.44. The van der Waals surface area contributed by atoms with Crippen molar-refractivity contribution in [1.82, 2.24) is 10.2 Å². The third kappa shape index (κ3) is 3.67. The summed E-state index contributed by atoms with van der Waals surface area (Å²) < 4.78 is 43.5. The molecule has 0 radical (unpaired) electrons. The molecule has 0 saturated carbocycles. The van der Waals surface area contributed by atoms with E-state index in [0.717, 1.165) is 6.42 Å². The molecule has 0 aromatic heterocycles. The van der Waals surface area contributed by atoms with Crippen molar-refractivity contribution in [3.8, 4) is 11.9 Å². The average molecular weight is 398 g/mol. The summed E-state index contributed by atoms with van der Waals surface area (Å²) in [6, 6.07) is 3.51.